The predicted octanol–water partition coefficient (Wildman–Crippen LogP) is 2.35. The van der Waals surface area contributed by atoms with Crippen molar-refractivity contribution in [2.24, 2.45) is 0 Å². The zero-order chi connectivity index (χ0) is 12.1. The van der Waals surface area contributed by atoms with Crippen LogP contribution in [0.25, 0.3) is 0 Å². The third-order valence-corrected chi connectivity index (χ3v) is 3.47. The SMILES string of the molecule is CC(C#N)(CN1CCCCC1)c1ccccn1. The molecule has 2 heterocycles. The number of nitrogens with zero attached hydrogens (tertiary/aromatic N) is 3. The molecule has 0 aromatic carbocycles. The van der Waals surface area contributed by atoms with Crippen molar-refractivity contribution >= 4 is 0 Å². The van der Waals surface area contributed by atoms with Gasteiger partial charge in [-0.2, -0.15) is 5.26 Å². The summed E-state index contributed by atoms with van der Waals surface area (Å²) >= 11 is 0. The number of likely N-dealkylation sites (tertiary alicyclic amines) is 1. The van der Waals surface area contributed by atoms with Gasteiger partial charge in [-0.3, -0.25) is 4.98 Å². The zero-order valence-electron chi connectivity index (χ0n) is 10.4. The van der Waals surface area contributed by atoms with Crippen molar-refractivity contribution in [3.05, 3.63) is 30.1 Å². The van der Waals surface area contributed by atoms with E-state index in [1.807, 2.05) is 25.1 Å². The summed E-state index contributed by atoms with van der Waals surface area (Å²) in [6.45, 7) is 5.01. The summed E-state index contributed by atoms with van der Waals surface area (Å²) in [5, 5.41) is 9.45. The number of rotatable bonds is 3. The molecule has 17 heavy (non-hydrogen) atoms. The van der Waals surface area contributed by atoms with Crippen LogP contribution >= 0.6 is 0 Å². The van der Waals surface area contributed by atoms with Crippen LogP contribution in [0.1, 0.15) is 31.9 Å². The monoisotopic (exact) mass is 229 g/mol. The van der Waals surface area contributed by atoms with Gasteiger partial charge in [-0.05, 0) is 45.0 Å². The van der Waals surface area contributed by atoms with E-state index in [2.05, 4.69) is 16.0 Å². The average Bonchev–Trinajstić information content (AvgIpc) is 2.41. The molecule has 1 saturated heterocycles. The van der Waals surface area contributed by atoms with Gasteiger partial charge in [-0.25, -0.2) is 0 Å². The number of nitriles is 1. The van der Waals surface area contributed by atoms with Crippen LogP contribution in [0.4, 0.5) is 0 Å². The fraction of sp³-hybridized carbons (Fsp3) is 0.571. The van der Waals surface area contributed by atoms with E-state index in [0.29, 0.717) is 0 Å². The van der Waals surface area contributed by atoms with E-state index in [1.54, 1.807) is 6.20 Å². The summed E-state index contributed by atoms with van der Waals surface area (Å²) in [7, 11) is 0. The van der Waals surface area contributed by atoms with E-state index in [-0.39, 0.29) is 0 Å². The van der Waals surface area contributed by atoms with Gasteiger partial charge in [0, 0.05) is 12.7 Å². The number of pyridine rings is 1. The van der Waals surface area contributed by atoms with Crippen molar-refractivity contribution in [3.8, 4) is 6.07 Å². The van der Waals surface area contributed by atoms with Gasteiger partial charge >= 0.3 is 0 Å². The molecule has 1 aliphatic heterocycles. The Morgan fingerprint density at radius 2 is 2.12 bits per heavy atom. The first-order valence-electron chi connectivity index (χ1n) is 6.30. The van der Waals surface area contributed by atoms with Crippen molar-refractivity contribution in [3.63, 3.8) is 0 Å². The molecule has 1 unspecified atom stereocenters. The minimum Gasteiger partial charge on any atom is -0.301 e. The van der Waals surface area contributed by atoms with E-state index < -0.39 is 5.41 Å². The smallest absolute Gasteiger partial charge is 0.109 e. The van der Waals surface area contributed by atoms with E-state index in [9.17, 15) is 5.26 Å². The minimum absolute atomic E-state index is 0.487. The second-order valence-electron chi connectivity index (χ2n) is 5.00. The van der Waals surface area contributed by atoms with Crippen LogP contribution in [0.2, 0.25) is 0 Å². The molecule has 0 bridgehead atoms. The second kappa shape index (κ2) is 5.29. The summed E-state index contributed by atoms with van der Waals surface area (Å²) in [6.07, 6.45) is 5.60. The molecule has 0 aliphatic carbocycles. The van der Waals surface area contributed by atoms with E-state index in [1.165, 1.54) is 19.3 Å². The van der Waals surface area contributed by atoms with E-state index in [4.69, 9.17) is 0 Å². The maximum atomic E-state index is 9.45. The number of aromatic nitrogens is 1. The first kappa shape index (κ1) is 12.1. The molecule has 1 aromatic heterocycles. The quantitative estimate of drug-likeness (QED) is 0.798. The van der Waals surface area contributed by atoms with Gasteiger partial charge in [0.2, 0.25) is 0 Å². The van der Waals surface area contributed by atoms with Gasteiger partial charge in [-0.1, -0.05) is 12.5 Å². The fourth-order valence-corrected chi connectivity index (χ4v) is 2.43. The highest BCUT2D eigenvalue weighted by atomic mass is 15.1. The van der Waals surface area contributed by atoms with Gasteiger partial charge in [0.25, 0.3) is 0 Å². The standard InChI is InChI=1S/C14H19N3/c1-14(11-15,13-7-3-4-8-16-13)12-17-9-5-2-6-10-17/h3-4,7-8H,2,5-6,9-10,12H2,1H3. The van der Waals surface area contributed by atoms with Crippen LogP contribution in [0.3, 0.4) is 0 Å². The van der Waals surface area contributed by atoms with Crippen LogP contribution in [-0.2, 0) is 5.41 Å². The van der Waals surface area contributed by atoms with E-state index >= 15 is 0 Å². The van der Waals surface area contributed by atoms with Crippen LogP contribution in [0, 0.1) is 11.3 Å². The molecule has 2 rings (SSSR count). The summed E-state index contributed by atoms with van der Waals surface area (Å²) in [5.74, 6) is 0. The molecule has 1 fully saturated rings. The van der Waals surface area contributed by atoms with Gasteiger partial charge in [-0.15, -0.1) is 0 Å². The molecular formula is C14H19N3. The molecule has 0 spiro atoms. The lowest BCUT2D eigenvalue weighted by atomic mass is 9.87. The highest BCUT2D eigenvalue weighted by Gasteiger charge is 2.30. The molecule has 3 nitrogen and oxygen atoms in total. The minimum atomic E-state index is -0.487. The average molecular weight is 229 g/mol. The third-order valence-electron chi connectivity index (χ3n) is 3.47. The summed E-state index contributed by atoms with van der Waals surface area (Å²) in [6, 6.07) is 8.23. The largest absolute Gasteiger partial charge is 0.301 e. The lowest BCUT2D eigenvalue weighted by molar-refractivity contribution is 0.200. The molecule has 3 heteroatoms. The second-order valence-corrected chi connectivity index (χ2v) is 5.00. The molecule has 1 atom stereocenters. The number of hydrogen-bond donors (Lipinski definition) is 0. The summed E-state index contributed by atoms with van der Waals surface area (Å²) in [4.78, 5) is 6.73. The molecule has 0 radical (unpaired) electrons. The summed E-state index contributed by atoms with van der Waals surface area (Å²) < 4.78 is 0. The topological polar surface area (TPSA) is 39.9 Å². The van der Waals surface area contributed by atoms with Gasteiger partial charge in [0.05, 0.1) is 11.8 Å². The molecule has 1 aromatic rings. The van der Waals surface area contributed by atoms with Crippen LogP contribution in [-0.4, -0.2) is 29.5 Å². The van der Waals surface area contributed by atoms with Gasteiger partial charge in [0.1, 0.15) is 5.41 Å². The van der Waals surface area contributed by atoms with E-state index in [0.717, 1.165) is 25.3 Å². The molecule has 0 saturated carbocycles. The predicted molar refractivity (Wildman–Crippen MR) is 67.5 cm³/mol. The lowest BCUT2D eigenvalue weighted by Crippen LogP contribution is -2.41. The molecular weight excluding hydrogens is 210 g/mol. The molecule has 0 amide bonds. The first-order chi connectivity index (χ1) is 8.24. The van der Waals surface area contributed by atoms with Crippen LogP contribution in [0.15, 0.2) is 24.4 Å². The van der Waals surface area contributed by atoms with Gasteiger partial charge < -0.3 is 4.90 Å². The Balaban J connectivity index is 2.12. The molecule has 1 aliphatic rings. The highest BCUT2D eigenvalue weighted by Crippen LogP contribution is 2.23. The Morgan fingerprint density at radius 3 is 2.71 bits per heavy atom. The lowest BCUT2D eigenvalue weighted by Gasteiger charge is -2.32. The third kappa shape index (κ3) is 2.83. The first-order valence-corrected chi connectivity index (χ1v) is 6.30. The number of hydrogen-bond acceptors (Lipinski definition) is 3. The fourth-order valence-electron chi connectivity index (χ4n) is 2.43. The van der Waals surface area contributed by atoms with Crippen LogP contribution in [0.5, 0.6) is 0 Å². The molecule has 90 valence electrons. The van der Waals surface area contributed by atoms with Crippen molar-refractivity contribution < 1.29 is 0 Å². The Labute approximate surface area is 103 Å². The Morgan fingerprint density at radius 1 is 1.35 bits per heavy atom. The Kier molecular flexibility index (Phi) is 3.75. The van der Waals surface area contributed by atoms with Gasteiger partial charge in [0.15, 0.2) is 0 Å². The highest BCUT2D eigenvalue weighted by molar-refractivity contribution is 5.25. The van der Waals surface area contributed by atoms with Crippen LogP contribution < -0.4 is 0 Å². The van der Waals surface area contributed by atoms with Crippen molar-refractivity contribution in [2.75, 3.05) is 19.6 Å². The van der Waals surface area contributed by atoms with Crippen molar-refractivity contribution in [1.29, 1.82) is 5.26 Å². The number of piperidine rings is 1. The molecule has 0 N–H and O–H groups in total. The summed E-state index contributed by atoms with van der Waals surface area (Å²) in [5.41, 5.74) is 0.395. The maximum absolute atomic E-state index is 9.45. The zero-order valence-corrected chi connectivity index (χ0v) is 10.4. The Bertz CT molecular complexity index is 390. The van der Waals surface area contributed by atoms with Crippen molar-refractivity contribution in [1.82, 2.24) is 9.88 Å². The maximum Gasteiger partial charge on any atom is 0.109 e. The Hall–Kier alpha value is -1.40. The van der Waals surface area contributed by atoms with Crippen molar-refractivity contribution in [2.45, 2.75) is 31.6 Å². The normalized spacial score (nSPS) is 20.5.